The van der Waals surface area contributed by atoms with Gasteiger partial charge in [0.05, 0.1) is 5.75 Å². The number of nitrogens with one attached hydrogen (secondary N) is 1. The van der Waals surface area contributed by atoms with Crippen LogP contribution in [0.25, 0.3) is 5.65 Å². The fourth-order valence-electron chi connectivity index (χ4n) is 1.91. The molecule has 0 saturated carbocycles. The first-order chi connectivity index (χ1) is 10.5. The molecule has 0 aliphatic carbocycles. The van der Waals surface area contributed by atoms with Crippen LogP contribution in [-0.4, -0.2) is 35.2 Å². The Kier molecular flexibility index (Phi) is 4.72. The molecular weight excluding hydrogens is 386 g/mol. The van der Waals surface area contributed by atoms with Gasteiger partial charge in [-0.2, -0.15) is 0 Å². The first kappa shape index (κ1) is 17.7. The third-order valence-corrected chi connectivity index (χ3v) is 5.04. The molecule has 0 atom stereocenters. The maximum Gasteiger partial charge on any atom is 0.413 e. The Morgan fingerprint density at radius 1 is 1.39 bits per heavy atom. The zero-order chi connectivity index (χ0) is 17.4. The molecule has 0 fully saturated rings. The minimum absolute atomic E-state index is 0.0424. The number of halogens is 1. The molecule has 2 aromatic heterocycles. The first-order valence-corrected chi connectivity index (χ1v) is 9.38. The van der Waals surface area contributed by atoms with Crippen LogP contribution in [0.5, 0.6) is 0 Å². The second-order valence-corrected chi connectivity index (χ2v) is 8.98. The van der Waals surface area contributed by atoms with E-state index in [1.165, 1.54) is 11.3 Å². The van der Waals surface area contributed by atoms with Crippen LogP contribution >= 0.6 is 15.9 Å². The average Bonchev–Trinajstić information content (AvgIpc) is 2.73. The molecule has 1 amide bonds. The van der Waals surface area contributed by atoms with Gasteiger partial charge in [0, 0.05) is 10.7 Å². The van der Waals surface area contributed by atoms with Crippen molar-refractivity contribution < 1.29 is 17.9 Å². The summed E-state index contributed by atoms with van der Waals surface area (Å²) in [6, 6.07) is 3.39. The zero-order valence-corrected chi connectivity index (χ0v) is 15.7. The van der Waals surface area contributed by atoms with Gasteiger partial charge in [0.1, 0.15) is 11.2 Å². The minimum atomic E-state index is -3.61. The molecule has 23 heavy (non-hydrogen) atoms. The number of imidazole rings is 1. The topological polar surface area (TPSA) is 89.8 Å². The van der Waals surface area contributed by atoms with E-state index >= 15 is 0 Å². The van der Waals surface area contributed by atoms with E-state index in [4.69, 9.17) is 4.74 Å². The summed E-state index contributed by atoms with van der Waals surface area (Å²) in [5.41, 5.74) is -0.290. The fourth-order valence-corrected chi connectivity index (χ4v) is 3.36. The van der Waals surface area contributed by atoms with Crippen molar-refractivity contribution in [3.8, 4) is 0 Å². The van der Waals surface area contributed by atoms with Crippen LogP contribution in [0.15, 0.2) is 27.8 Å². The molecule has 2 rings (SSSR count). The molecule has 0 saturated heterocycles. The van der Waals surface area contributed by atoms with Crippen molar-refractivity contribution >= 4 is 43.3 Å². The summed E-state index contributed by atoms with van der Waals surface area (Å²) in [7, 11) is -3.61. The third-order valence-electron chi connectivity index (χ3n) is 2.83. The zero-order valence-electron chi connectivity index (χ0n) is 13.3. The summed E-state index contributed by atoms with van der Waals surface area (Å²) >= 11 is 3.30. The Bertz CT molecular complexity index is 853. The van der Waals surface area contributed by atoms with Gasteiger partial charge >= 0.3 is 6.09 Å². The molecule has 7 nitrogen and oxygen atoms in total. The third kappa shape index (κ3) is 4.03. The van der Waals surface area contributed by atoms with Gasteiger partial charge in [-0.1, -0.05) is 6.92 Å². The highest BCUT2D eigenvalue weighted by atomic mass is 79.9. The van der Waals surface area contributed by atoms with Crippen LogP contribution in [0.2, 0.25) is 0 Å². The summed E-state index contributed by atoms with van der Waals surface area (Å²) in [5, 5.41) is 2.36. The number of sulfone groups is 1. The van der Waals surface area contributed by atoms with Gasteiger partial charge in [-0.05, 0) is 48.8 Å². The number of hydrogen-bond donors (Lipinski definition) is 1. The molecule has 2 heterocycles. The highest BCUT2D eigenvalue weighted by molar-refractivity contribution is 9.10. The van der Waals surface area contributed by atoms with Crippen LogP contribution in [-0.2, 0) is 14.6 Å². The summed E-state index contributed by atoms with van der Waals surface area (Å²) in [6.45, 7) is 6.69. The van der Waals surface area contributed by atoms with Crippen molar-refractivity contribution in [2.24, 2.45) is 0 Å². The Morgan fingerprint density at radius 2 is 2.04 bits per heavy atom. The van der Waals surface area contributed by atoms with E-state index in [-0.39, 0.29) is 16.6 Å². The lowest BCUT2D eigenvalue weighted by atomic mass is 10.2. The maximum atomic E-state index is 12.4. The Morgan fingerprint density at radius 3 is 2.61 bits per heavy atom. The predicted octanol–water partition coefficient (Wildman–Crippen LogP) is 3.24. The number of rotatable bonds is 3. The van der Waals surface area contributed by atoms with Crippen LogP contribution in [0.1, 0.15) is 27.7 Å². The number of carbonyl (C=O) groups is 1. The number of anilines is 1. The maximum absolute atomic E-state index is 12.4. The normalized spacial score (nSPS) is 12.4. The van der Waals surface area contributed by atoms with Crippen molar-refractivity contribution in [3.63, 3.8) is 0 Å². The van der Waals surface area contributed by atoms with Gasteiger partial charge in [-0.3, -0.25) is 9.72 Å². The van der Waals surface area contributed by atoms with Gasteiger partial charge in [-0.15, -0.1) is 0 Å². The Balaban J connectivity index is 2.55. The summed E-state index contributed by atoms with van der Waals surface area (Å²) in [4.78, 5) is 16.1. The Labute approximate surface area is 143 Å². The molecule has 1 N–H and O–H groups in total. The van der Waals surface area contributed by atoms with E-state index in [0.717, 1.165) is 0 Å². The lowest BCUT2D eigenvalue weighted by molar-refractivity contribution is 0.0635. The van der Waals surface area contributed by atoms with Gasteiger partial charge < -0.3 is 4.74 Å². The number of ether oxygens (including phenoxy) is 1. The largest absolute Gasteiger partial charge is 0.444 e. The fraction of sp³-hybridized carbons (Fsp3) is 0.429. The summed E-state index contributed by atoms with van der Waals surface area (Å²) < 4.78 is 32.1. The van der Waals surface area contributed by atoms with Gasteiger partial charge in [-0.25, -0.2) is 18.2 Å². The molecule has 0 aliphatic rings. The molecule has 0 aliphatic heterocycles. The van der Waals surface area contributed by atoms with Crippen LogP contribution in [0.4, 0.5) is 10.6 Å². The van der Waals surface area contributed by atoms with Crippen molar-refractivity contribution in [1.82, 2.24) is 9.38 Å². The van der Waals surface area contributed by atoms with Crippen molar-refractivity contribution in [2.75, 3.05) is 11.1 Å². The monoisotopic (exact) mass is 403 g/mol. The molecule has 2 aromatic rings. The SMILES string of the molecule is CCS(=O)(=O)c1c(NC(=O)OC(C)(C)C)nc2ccc(Br)cn12. The van der Waals surface area contributed by atoms with E-state index in [2.05, 4.69) is 26.2 Å². The lowest BCUT2D eigenvalue weighted by Crippen LogP contribution is -2.28. The quantitative estimate of drug-likeness (QED) is 0.849. The number of nitrogens with zero attached hydrogens (tertiary/aromatic N) is 2. The van der Waals surface area contributed by atoms with Gasteiger partial charge in [0.25, 0.3) is 0 Å². The number of amides is 1. The molecule has 126 valence electrons. The molecule has 9 heteroatoms. The van der Waals surface area contributed by atoms with Crippen LogP contribution in [0, 0.1) is 0 Å². The number of carbonyl (C=O) groups excluding carboxylic acids is 1. The van der Waals surface area contributed by atoms with Crippen LogP contribution in [0.3, 0.4) is 0 Å². The van der Waals surface area contributed by atoms with E-state index in [1.54, 1.807) is 39.1 Å². The van der Waals surface area contributed by atoms with Gasteiger partial charge in [0.2, 0.25) is 0 Å². The number of hydrogen-bond acceptors (Lipinski definition) is 5. The van der Waals surface area contributed by atoms with E-state index < -0.39 is 21.5 Å². The van der Waals surface area contributed by atoms with E-state index in [0.29, 0.717) is 10.1 Å². The first-order valence-electron chi connectivity index (χ1n) is 6.94. The average molecular weight is 404 g/mol. The highest BCUT2D eigenvalue weighted by Crippen LogP contribution is 2.26. The molecule has 0 spiro atoms. The molecule has 0 bridgehead atoms. The smallest absolute Gasteiger partial charge is 0.413 e. The second-order valence-electron chi connectivity index (χ2n) is 5.87. The molecule has 0 unspecified atom stereocenters. The standard InChI is InChI=1S/C14H18BrN3O4S/c1-5-23(20,21)12-11(17-13(19)22-14(2,3)4)16-10-7-6-9(15)8-18(10)12/h6-8H,5H2,1-4H3,(H,17,19). The predicted molar refractivity (Wildman–Crippen MR) is 90.5 cm³/mol. The lowest BCUT2D eigenvalue weighted by Gasteiger charge is -2.19. The van der Waals surface area contributed by atoms with Crippen molar-refractivity contribution in [2.45, 2.75) is 38.3 Å². The van der Waals surface area contributed by atoms with E-state index in [9.17, 15) is 13.2 Å². The van der Waals surface area contributed by atoms with Crippen molar-refractivity contribution in [1.29, 1.82) is 0 Å². The highest BCUT2D eigenvalue weighted by Gasteiger charge is 2.26. The van der Waals surface area contributed by atoms with Crippen molar-refractivity contribution in [3.05, 3.63) is 22.8 Å². The number of pyridine rings is 1. The molecule has 0 radical (unpaired) electrons. The number of aromatic nitrogens is 2. The summed E-state index contributed by atoms with van der Waals surface area (Å²) in [5.74, 6) is -0.157. The Hall–Kier alpha value is -1.61. The van der Waals surface area contributed by atoms with Crippen LogP contribution < -0.4 is 5.32 Å². The minimum Gasteiger partial charge on any atom is -0.444 e. The molecular formula is C14H18BrN3O4S. The van der Waals surface area contributed by atoms with E-state index in [1.807, 2.05) is 0 Å². The van der Waals surface area contributed by atoms with Gasteiger partial charge in [0.15, 0.2) is 20.7 Å². The summed E-state index contributed by atoms with van der Waals surface area (Å²) in [6.07, 6.45) is 0.832. The number of fused-ring (bicyclic) bond motifs is 1. The molecule has 0 aromatic carbocycles. The second kappa shape index (κ2) is 6.12.